The second-order valence-electron chi connectivity index (χ2n) is 3.50. The van der Waals surface area contributed by atoms with Crippen LogP contribution in [0.15, 0.2) is 0 Å². The van der Waals surface area contributed by atoms with Crippen molar-refractivity contribution < 1.29 is 47.3 Å². The zero-order valence-electron chi connectivity index (χ0n) is 10.4. The van der Waals surface area contributed by atoms with Gasteiger partial charge in [-0.1, -0.05) is 0 Å². The van der Waals surface area contributed by atoms with Crippen molar-refractivity contribution in [3.8, 4) is 0 Å². The van der Waals surface area contributed by atoms with Crippen LogP contribution in [0.4, 0.5) is 0 Å². The van der Waals surface area contributed by atoms with Crippen LogP contribution in [-0.4, -0.2) is 52.4 Å². The van der Waals surface area contributed by atoms with Gasteiger partial charge in [0.25, 0.3) is 0 Å². The maximum absolute atomic E-state index is 5.01. The quantitative estimate of drug-likeness (QED) is 0.230. The van der Waals surface area contributed by atoms with Crippen molar-refractivity contribution in [2.45, 2.75) is 0 Å². The van der Waals surface area contributed by atoms with Crippen LogP contribution < -0.4 is 46.1 Å². The molecule has 0 atom stereocenters. The van der Waals surface area contributed by atoms with Crippen molar-refractivity contribution in [1.82, 2.24) is 10.6 Å². The number of piperazine rings is 2. The predicted molar refractivity (Wildman–Crippen MR) is 72.5 cm³/mol. The molecule has 2 aliphatic heterocycles. The van der Waals surface area contributed by atoms with Crippen LogP contribution in [0.2, 0.25) is 0 Å². The van der Waals surface area contributed by atoms with E-state index in [2.05, 4.69) is 21.3 Å². The number of hydrogen-bond donors (Lipinski definition) is 4. The molecule has 0 aliphatic carbocycles. The fourth-order valence-electron chi connectivity index (χ4n) is 1.36. The Hall–Kier alpha value is 2.27. The monoisotopic (exact) mass is 579 g/mol. The van der Waals surface area contributed by atoms with Crippen LogP contribution >= 0.6 is 37.7 Å². The van der Waals surface area contributed by atoms with Crippen molar-refractivity contribution in [3.05, 3.63) is 0 Å². The Morgan fingerprint density at radius 1 is 0.632 bits per heavy atom. The number of nitrogens with two attached hydrogens (primary N) is 2. The average Bonchev–Trinajstić information content (AvgIpc) is 2.32. The fourth-order valence-corrected chi connectivity index (χ4v) is 1.36. The predicted octanol–water partition coefficient (Wildman–Crippen LogP) is -6.93. The summed E-state index contributed by atoms with van der Waals surface area (Å²) in [5, 5.41) is 11.2. The van der Waals surface area contributed by atoms with Crippen molar-refractivity contribution in [3.63, 3.8) is 0 Å². The standard InChI is InChI=1S/2C4H10N2.6ClH.Pt/c2*1-2-6-4-3-5-1;;;;;;;/h2*5-6H,1-4H2;6*1H;/q;;;;;;;;+4/p-4. The van der Waals surface area contributed by atoms with Crippen LogP contribution in [0.25, 0.3) is 0 Å². The van der Waals surface area contributed by atoms with E-state index in [1.807, 2.05) is 0 Å². The molecule has 0 radical (unpaired) electrons. The molecule has 0 unspecified atom stereocenters. The summed E-state index contributed by atoms with van der Waals surface area (Å²) >= 11 is -3.06. The van der Waals surface area contributed by atoms with Gasteiger partial charge >= 0.3 is 49.6 Å². The molecule has 0 aromatic heterocycles. The zero-order valence-corrected chi connectivity index (χ0v) is 17.2. The van der Waals surface area contributed by atoms with Gasteiger partial charge in [-0.05, 0) is 0 Å². The van der Waals surface area contributed by atoms with Crippen molar-refractivity contribution in [1.29, 1.82) is 0 Å². The Kier molecular flexibility index (Phi) is 25.2. The molecule has 11 heteroatoms. The summed E-state index contributed by atoms with van der Waals surface area (Å²) in [6.07, 6.45) is 0. The normalized spacial score (nSPS) is 19.2. The van der Waals surface area contributed by atoms with E-state index in [1.54, 1.807) is 0 Å². The van der Waals surface area contributed by atoms with Crippen molar-refractivity contribution in [2.24, 2.45) is 0 Å². The summed E-state index contributed by atoms with van der Waals surface area (Å²) in [6.45, 7) is 9.83. The molecular formula is C8H22Cl6N4Pt. The fraction of sp³-hybridized carbons (Fsp3) is 1.00. The van der Waals surface area contributed by atoms with Gasteiger partial charge in [0.1, 0.15) is 0 Å². The summed E-state index contributed by atoms with van der Waals surface area (Å²) in [6, 6.07) is 0. The molecule has 2 rings (SSSR count). The Morgan fingerprint density at radius 3 is 0.895 bits per heavy atom. The number of rotatable bonds is 0. The third-order valence-electron chi connectivity index (χ3n) is 2.10. The molecule has 19 heavy (non-hydrogen) atoms. The third-order valence-corrected chi connectivity index (χ3v) is 2.10. The zero-order chi connectivity index (χ0) is 13.0. The molecule has 6 N–H and O–H groups in total. The van der Waals surface area contributed by atoms with E-state index < -0.39 is 11.9 Å². The van der Waals surface area contributed by atoms with Crippen molar-refractivity contribution in [2.75, 3.05) is 52.4 Å². The average molecular weight is 582 g/mol. The van der Waals surface area contributed by atoms with Gasteiger partial charge in [-0.3, -0.25) is 0 Å². The second kappa shape index (κ2) is 18.3. The van der Waals surface area contributed by atoms with Gasteiger partial charge in [0.2, 0.25) is 0 Å². The second-order valence-corrected chi connectivity index (χ2v) is 23.2. The molecule has 4 nitrogen and oxygen atoms in total. The Bertz CT molecular complexity index is 125. The third kappa shape index (κ3) is 33.2. The topological polar surface area (TPSA) is 57.3 Å². The van der Waals surface area contributed by atoms with Gasteiger partial charge in [-0.2, -0.15) is 0 Å². The Labute approximate surface area is 147 Å². The van der Waals surface area contributed by atoms with Gasteiger partial charge in [-0.15, -0.1) is 0 Å². The van der Waals surface area contributed by atoms with Gasteiger partial charge in [0, 0.05) is 26.2 Å². The molecule has 0 bridgehead atoms. The van der Waals surface area contributed by atoms with E-state index in [9.17, 15) is 0 Å². The van der Waals surface area contributed by atoms with E-state index in [1.165, 1.54) is 52.4 Å². The molecule has 2 aliphatic rings. The molecule has 0 amide bonds. The first-order chi connectivity index (χ1) is 8.00. The molecule has 2 fully saturated rings. The van der Waals surface area contributed by atoms with Crippen LogP contribution in [0.5, 0.6) is 0 Å². The van der Waals surface area contributed by atoms with E-state index >= 15 is 0 Å². The number of halogens is 6. The molecule has 0 aromatic carbocycles. The van der Waals surface area contributed by atoms with Gasteiger partial charge in [-0.25, -0.2) is 0 Å². The molecule has 2 heterocycles. The Balaban J connectivity index is -0.000000193. The number of hydrogen-bond acceptors (Lipinski definition) is 2. The number of nitrogens with one attached hydrogen (secondary N) is 2. The van der Waals surface area contributed by atoms with Crippen molar-refractivity contribution >= 4 is 37.7 Å². The number of quaternary nitrogens is 2. The first-order valence-corrected chi connectivity index (χ1v) is 16.8. The van der Waals surface area contributed by atoms with Crippen LogP contribution in [-0.2, 0) is 11.9 Å². The Morgan fingerprint density at radius 2 is 0.842 bits per heavy atom. The van der Waals surface area contributed by atoms with Crippen LogP contribution in [0.3, 0.4) is 0 Å². The van der Waals surface area contributed by atoms with Crippen LogP contribution in [0.1, 0.15) is 0 Å². The molecule has 2 saturated heterocycles. The molecule has 0 spiro atoms. The SMILES string of the molecule is C1C[NH2+]CCN1.C1C[NH2+]CCN1.[Cl-].[Cl-].[Cl][Pt]([Cl])([Cl])[Cl]. The minimum atomic E-state index is -3.06. The maximum atomic E-state index is 5.01. The summed E-state index contributed by atoms with van der Waals surface area (Å²) in [5.41, 5.74) is 0. The first-order valence-electron chi connectivity index (χ1n) is 5.53. The minimum absolute atomic E-state index is 0. The van der Waals surface area contributed by atoms with Gasteiger partial charge in [0.15, 0.2) is 0 Å². The van der Waals surface area contributed by atoms with E-state index in [-0.39, 0.29) is 24.8 Å². The summed E-state index contributed by atoms with van der Waals surface area (Å²) in [4.78, 5) is 0. The van der Waals surface area contributed by atoms with E-state index in [4.69, 9.17) is 37.7 Å². The molecule has 0 saturated carbocycles. The summed E-state index contributed by atoms with van der Waals surface area (Å²) < 4.78 is 0. The van der Waals surface area contributed by atoms with Crippen LogP contribution in [0, 0.1) is 0 Å². The molecular weight excluding hydrogens is 560 g/mol. The van der Waals surface area contributed by atoms with Gasteiger partial charge in [0.05, 0.1) is 26.2 Å². The first kappa shape index (κ1) is 26.2. The van der Waals surface area contributed by atoms with Gasteiger partial charge < -0.3 is 46.1 Å². The van der Waals surface area contributed by atoms with E-state index in [0.29, 0.717) is 0 Å². The molecule has 126 valence electrons. The summed E-state index contributed by atoms with van der Waals surface area (Å²) in [7, 11) is 20.0. The summed E-state index contributed by atoms with van der Waals surface area (Å²) in [5.74, 6) is 0. The molecule has 0 aromatic rings. The van der Waals surface area contributed by atoms with E-state index in [0.717, 1.165) is 0 Å².